The number of ether oxygens (including phenoxy) is 2. The smallest absolute Gasteiger partial charge is 0.343 e. The van der Waals surface area contributed by atoms with Crippen molar-refractivity contribution in [1.82, 2.24) is 0 Å². The molecule has 0 heterocycles. The summed E-state index contributed by atoms with van der Waals surface area (Å²) >= 11 is 0. The number of benzene rings is 3. The fourth-order valence-corrected chi connectivity index (χ4v) is 4.90. The SMILES string of the molecule is CCCCCCCCCCCCCCCCOc1ccc(C(=O)Oc2ccc(N=Nc3ccc([N+](=O)[O-])cc3)cc2C)cc1. The van der Waals surface area contributed by atoms with Crippen molar-refractivity contribution < 1.29 is 19.2 Å². The van der Waals surface area contributed by atoms with Crippen molar-refractivity contribution in [3.05, 3.63) is 88.0 Å². The first-order valence-electron chi connectivity index (χ1n) is 16.2. The maximum atomic E-state index is 12.7. The Hall–Kier alpha value is -4.07. The molecule has 0 saturated heterocycles. The number of nitro groups is 1. The summed E-state index contributed by atoms with van der Waals surface area (Å²) in [4.78, 5) is 23.0. The van der Waals surface area contributed by atoms with Gasteiger partial charge in [0.05, 0.1) is 28.5 Å². The molecule has 236 valence electrons. The summed E-state index contributed by atoms with van der Waals surface area (Å²) in [5.41, 5.74) is 2.23. The molecule has 8 nitrogen and oxygen atoms in total. The molecule has 8 heteroatoms. The number of carbonyl (C=O) groups is 1. The van der Waals surface area contributed by atoms with Crippen molar-refractivity contribution in [2.24, 2.45) is 10.2 Å². The summed E-state index contributed by atoms with van der Waals surface area (Å²) in [6.45, 7) is 4.77. The van der Waals surface area contributed by atoms with Gasteiger partial charge in [0.2, 0.25) is 0 Å². The molecule has 44 heavy (non-hydrogen) atoms. The summed E-state index contributed by atoms with van der Waals surface area (Å²) in [5, 5.41) is 19.1. The molecule has 3 aromatic rings. The third kappa shape index (κ3) is 13.1. The van der Waals surface area contributed by atoms with Crippen molar-refractivity contribution in [2.45, 2.75) is 104 Å². The highest BCUT2D eigenvalue weighted by molar-refractivity contribution is 5.91. The van der Waals surface area contributed by atoms with Gasteiger partial charge in [-0.05, 0) is 73.5 Å². The standard InChI is InChI=1S/C36H47N3O5/c1-3-4-5-6-7-8-9-10-11-12-13-14-15-16-27-43-34-24-17-30(18-25-34)36(40)44-35-26-21-32(28-29(35)2)38-37-31-19-22-33(23-20-31)39(41)42/h17-26,28H,3-16,27H2,1-2H3. The van der Waals surface area contributed by atoms with Crippen LogP contribution < -0.4 is 9.47 Å². The molecular formula is C36H47N3O5. The van der Waals surface area contributed by atoms with E-state index in [0.29, 0.717) is 29.3 Å². The first-order valence-corrected chi connectivity index (χ1v) is 16.2. The number of esters is 1. The van der Waals surface area contributed by atoms with Crippen LogP contribution in [0.5, 0.6) is 11.5 Å². The van der Waals surface area contributed by atoms with Crippen LogP contribution in [0.3, 0.4) is 0 Å². The topological polar surface area (TPSA) is 103 Å². The number of carbonyl (C=O) groups excluding carboxylic acids is 1. The lowest BCUT2D eigenvalue weighted by atomic mass is 10.0. The summed E-state index contributed by atoms with van der Waals surface area (Å²) in [6.07, 6.45) is 18.6. The van der Waals surface area contributed by atoms with Crippen molar-refractivity contribution in [2.75, 3.05) is 6.61 Å². The Labute approximate surface area is 262 Å². The van der Waals surface area contributed by atoms with Crippen LogP contribution in [-0.4, -0.2) is 17.5 Å². The van der Waals surface area contributed by atoms with Gasteiger partial charge in [-0.15, -0.1) is 0 Å². The number of nitrogens with zero attached hydrogens (tertiary/aromatic N) is 3. The normalized spacial score (nSPS) is 11.1. The molecule has 0 unspecified atom stereocenters. The first-order chi connectivity index (χ1) is 21.5. The fraction of sp³-hybridized carbons (Fsp3) is 0.472. The van der Waals surface area contributed by atoms with Gasteiger partial charge < -0.3 is 9.47 Å². The number of azo groups is 1. The zero-order valence-corrected chi connectivity index (χ0v) is 26.3. The Morgan fingerprint density at radius 3 is 1.77 bits per heavy atom. The Balaban J connectivity index is 1.29. The number of hydrogen-bond acceptors (Lipinski definition) is 7. The zero-order valence-electron chi connectivity index (χ0n) is 26.3. The van der Waals surface area contributed by atoms with Gasteiger partial charge in [0.15, 0.2) is 0 Å². The molecule has 0 aliphatic rings. The number of unbranched alkanes of at least 4 members (excludes halogenated alkanes) is 13. The van der Waals surface area contributed by atoms with E-state index in [9.17, 15) is 14.9 Å². The van der Waals surface area contributed by atoms with Crippen molar-refractivity contribution in [3.63, 3.8) is 0 Å². The average Bonchev–Trinajstić information content (AvgIpc) is 3.03. The molecule has 0 saturated carbocycles. The van der Waals surface area contributed by atoms with Gasteiger partial charge in [0, 0.05) is 12.1 Å². The number of nitro benzene ring substituents is 1. The minimum atomic E-state index is -0.464. The summed E-state index contributed by atoms with van der Waals surface area (Å²) < 4.78 is 11.5. The van der Waals surface area contributed by atoms with Crippen LogP contribution in [0, 0.1) is 17.0 Å². The first kappa shape index (κ1) is 34.4. The van der Waals surface area contributed by atoms with E-state index in [2.05, 4.69) is 17.2 Å². The van der Waals surface area contributed by atoms with Crippen LogP contribution in [0.25, 0.3) is 0 Å². The molecule has 0 bridgehead atoms. The highest BCUT2D eigenvalue weighted by Gasteiger charge is 2.11. The maximum absolute atomic E-state index is 12.7. The van der Waals surface area contributed by atoms with Gasteiger partial charge in [0.1, 0.15) is 11.5 Å². The number of non-ortho nitro benzene ring substituents is 1. The Morgan fingerprint density at radius 1 is 0.705 bits per heavy atom. The Kier molecular flexibility index (Phi) is 15.6. The van der Waals surface area contributed by atoms with Gasteiger partial charge >= 0.3 is 5.97 Å². The van der Waals surface area contributed by atoms with E-state index in [1.54, 1.807) is 42.5 Å². The summed E-state index contributed by atoms with van der Waals surface area (Å²) in [5.74, 6) is 0.726. The lowest BCUT2D eigenvalue weighted by Gasteiger charge is -2.09. The second-order valence-corrected chi connectivity index (χ2v) is 11.3. The van der Waals surface area contributed by atoms with Gasteiger partial charge in [-0.25, -0.2) is 4.79 Å². The van der Waals surface area contributed by atoms with Crippen LogP contribution in [-0.2, 0) is 0 Å². The average molecular weight is 602 g/mol. The lowest BCUT2D eigenvalue weighted by Crippen LogP contribution is -2.09. The molecule has 3 aromatic carbocycles. The van der Waals surface area contributed by atoms with Gasteiger partial charge in [-0.3, -0.25) is 10.1 Å². The quantitative estimate of drug-likeness (QED) is 0.0302. The van der Waals surface area contributed by atoms with Crippen molar-refractivity contribution in [3.8, 4) is 11.5 Å². The molecule has 0 spiro atoms. The zero-order chi connectivity index (χ0) is 31.4. The third-order valence-electron chi connectivity index (χ3n) is 7.56. The number of hydrogen-bond donors (Lipinski definition) is 0. The van der Waals surface area contributed by atoms with Gasteiger partial charge in [-0.1, -0.05) is 90.4 Å². The lowest BCUT2D eigenvalue weighted by molar-refractivity contribution is -0.384. The molecule has 0 radical (unpaired) electrons. The minimum Gasteiger partial charge on any atom is -0.494 e. The van der Waals surface area contributed by atoms with Crippen molar-refractivity contribution in [1.29, 1.82) is 0 Å². The van der Waals surface area contributed by atoms with E-state index in [4.69, 9.17) is 9.47 Å². The van der Waals surface area contributed by atoms with E-state index >= 15 is 0 Å². The molecule has 0 aliphatic heterocycles. The van der Waals surface area contributed by atoms with E-state index in [1.807, 2.05) is 6.92 Å². The Morgan fingerprint density at radius 2 is 1.23 bits per heavy atom. The molecule has 0 amide bonds. The highest BCUT2D eigenvalue weighted by atomic mass is 16.6. The molecule has 3 rings (SSSR count). The molecule has 0 aromatic heterocycles. The van der Waals surface area contributed by atoms with E-state index < -0.39 is 10.9 Å². The predicted octanol–water partition coefficient (Wildman–Crippen LogP) is 11.4. The van der Waals surface area contributed by atoms with Crippen LogP contribution >= 0.6 is 0 Å². The van der Waals surface area contributed by atoms with E-state index in [-0.39, 0.29) is 5.69 Å². The largest absolute Gasteiger partial charge is 0.494 e. The molecular weight excluding hydrogens is 554 g/mol. The summed E-state index contributed by atoms with van der Waals surface area (Å²) in [6, 6.07) is 18.0. The van der Waals surface area contributed by atoms with E-state index in [0.717, 1.165) is 17.7 Å². The Bertz CT molecular complexity index is 1310. The van der Waals surface area contributed by atoms with Crippen LogP contribution in [0.4, 0.5) is 17.1 Å². The molecule has 0 aliphatic carbocycles. The van der Waals surface area contributed by atoms with Crippen LogP contribution in [0.2, 0.25) is 0 Å². The number of aryl methyl sites for hydroxylation is 1. The molecule has 0 fully saturated rings. The number of rotatable bonds is 21. The molecule has 0 atom stereocenters. The second-order valence-electron chi connectivity index (χ2n) is 11.3. The van der Waals surface area contributed by atoms with Crippen LogP contribution in [0.15, 0.2) is 77.0 Å². The fourth-order valence-electron chi connectivity index (χ4n) is 4.90. The predicted molar refractivity (Wildman–Crippen MR) is 176 cm³/mol. The van der Waals surface area contributed by atoms with Gasteiger partial charge in [-0.2, -0.15) is 10.2 Å². The van der Waals surface area contributed by atoms with Crippen molar-refractivity contribution >= 4 is 23.0 Å². The second kappa shape index (κ2) is 20.0. The van der Waals surface area contributed by atoms with Gasteiger partial charge in [0.25, 0.3) is 5.69 Å². The van der Waals surface area contributed by atoms with Crippen LogP contribution in [0.1, 0.15) is 113 Å². The maximum Gasteiger partial charge on any atom is 0.343 e. The highest BCUT2D eigenvalue weighted by Crippen LogP contribution is 2.27. The summed E-state index contributed by atoms with van der Waals surface area (Å²) in [7, 11) is 0. The van der Waals surface area contributed by atoms with E-state index in [1.165, 1.54) is 108 Å². The molecule has 0 N–H and O–H groups in total. The monoisotopic (exact) mass is 601 g/mol. The third-order valence-corrected chi connectivity index (χ3v) is 7.56. The minimum absolute atomic E-state index is 0.00616.